The van der Waals surface area contributed by atoms with Crippen LogP contribution in [0.25, 0.3) is 10.9 Å². The van der Waals surface area contributed by atoms with Crippen molar-refractivity contribution in [1.82, 2.24) is 4.98 Å². The number of carbonyl (C=O) groups is 1. The molecule has 6 heteroatoms. The molecule has 1 amide bonds. The van der Waals surface area contributed by atoms with Crippen LogP contribution in [0.3, 0.4) is 0 Å². The molecule has 1 unspecified atom stereocenters. The van der Waals surface area contributed by atoms with Crippen molar-refractivity contribution in [3.8, 4) is 0 Å². The molecule has 0 bridgehead atoms. The number of aromatic nitrogens is 1. The van der Waals surface area contributed by atoms with Crippen LogP contribution in [-0.2, 0) is 4.79 Å². The Bertz CT molecular complexity index is 1080. The molecule has 1 atom stereocenters. The molecule has 3 aromatic rings. The molecule has 1 heterocycles. The fraction of sp³-hybridized carbons (Fsp3) is 0.333. The van der Waals surface area contributed by atoms with Crippen LogP contribution in [0.15, 0.2) is 48.7 Å². The Kier molecular flexibility index (Phi) is 6.26. The quantitative estimate of drug-likeness (QED) is 0.460. The summed E-state index contributed by atoms with van der Waals surface area (Å²) in [6, 6.07) is 11.9. The number of benzene rings is 2. The van der Waals surface area contributed by atoms with Crippen molar-refractivity contribution in [2.75, 3.05) is 5.32 Å². The number of halogens is 3. The minimum absolute atomic E-state index is 0.00623. The Hall–Kier alpha value is -2.17. The predicted octanol–water partition coefficient (Wildman–Crippen LogP) is 7.23. The second-order valence-electron chi connectivity index (χ2n) is 8.08. The van der Waals surface area contributed by atoms with Crippen molar-refractivity contribution in [2.24, 2.45) is 11.8 Å². The van der Waals surface area contributed by atoms with Crippen molar-refractivity contribution in [1.29, 1.82) is 0 Å². The highest BCUT2D eigenvalue weighted by Crippen LogP contribution is 2.41. The number of hydrogen-bond acceptors (Lipinski definition) is 2. The maximum absolute atomic E-state index is 13.8. The van der Waals surface area contributed by atoms with Crippen LogP contribution >= 0.6 is 23.2 Å². The summed E-state index contributed by atoms with van der Waals surface area (Å²) in [5.41, 5.74) is 2.64. The van der Waals surface area contributed by atoms with E-state index >= 15 is 0 Å². The average Bonchev–Trinajstić information content (AvgIpc) is 2.75. The molecule has 0 saturated heterocycles. The lowest BCUT2D eigenvalue weighted by atomic mass is 9.73. The fourth-order valence-electron chi connectivity index (χ4n) is 4.47. The third-order valence-electron chi connectivity index (χ3n) is 6.26. The summed E-state index contributed by atoms with van der Waals surface area (Å²) in [7, 11) is 0. The van der Waals surface area contributed by atoms with Gasteiger partial charge in [0.1, 0.15) is 5.82 Å². The van der Waals surface area contributed by atoms with E-state index in [2.05, 4.69) is 10.3 Å². The van der Waals surface area contributed by atoms with Gasteiger partial charge in [-0.25, -0.2) is 4.39 Å². The summed E-state index contributed by atoms with van der Waals surface area (Å²) in [6.45, 7) is 1.98. The molecular weight excluding hydrogens is 422 g/mol. The molecule has 30 heavy (non-hydrogen) atoms. The van der Waals surface area contributed by atoms with Gasteiger partial charge in [0.2, 0.25) is 5.91 Å². The van der Waals surface area contributed by atoms with Crippen molar-refractivity contribution >= 4 is 45.7 Å². The highest BCUT2D eigenvalue weighted by molar-refractivity contribution is 6.42. The molecule has 1 aromatic heterocycles. The number of anilines is 1. The van der Waals surface area contributed by atoms with Crippen LogP contribution in [0.5, 0.6) is 0 Å². The summed E-state index contributed by atoms with van der Waals surface area (Å²) >= 11 is 12.0. The van der Waals surface area contributed by atoms with Gasteiger partial charge in [0.25, 0.3) is 0 Å². The molecular formula is C24H23Cl2FN2O. The third-order valence-corrected chi connectivity index (χ3v) is 7.00. The Balaban J connectivity index is 1.41. The minimum atomic E-state index is -0.238. The molecule has 4 rings (SSSR count). The van der Waals surface area contributed by atoms with Crippen molar-refractivity contribution in [2.45, 2.75) is 38.5 Å². The van der Waals surface area contributed by atoms with Gasteiger partial charge in [-0.1, -0.05) is 30.1 Å². The van der Waals surface area contributed by atoms with Gasteiger partial charge in [-0.3, -0.25) is 9.78 Å². The normalized spacial score (nSPS) is 20.1. The summed E-state index contributed by atoms with van der Waals surface area (Å²) in [5.74, 6) is 0.325. The van der Waals surface area contributed by atoms with Gasteiger partial charge >= 0.3 is 0 Å². The molecule has 3 nitrogen and oxygen atoms in total. The van der Waals surface area contributed by atoms with Crippen LogP contribution < -0.4 is 5.32 Å². The van der Waals surface area contributed by atoms with Crippen LogP contribution in [0.2, 0.25) is 10.0 Å². The first kappa shape index (κ1) is 21.1. The van der Waals surface area contributed by atoms with Gasteiger partial charge in [0, 0.05) is 23.2 Å². The first-order valence-electron chi connectivity index (χ1n) is 10.2. The molecule has 1 aliphatic rings. The highest BCUT2D eigenvalue weighted by atomic mass is 35.5. The zero-order valence-corrected chi connectivity index (χ0v) is 18.2. The van der Waals surface area contributed by atoms with Gasteiger partial charge in [-0.05, 0) is 85.5 Å². The van der Waals surface area contributed by atoms with Crippen LogP contribution in [0.1, 0.15) is 44.1 Å². The van der Waals surface area contributed by atoms with E-state index in [4.69, 9.17) is 23.2 Å². The van der Waals surface area contributed by atoms with E-state index in [-0.39, 0.29) is 17.6 Å². The number of amides is 1. The number of fused-ring (bicyclic) bond motifs is 1. The Morgan fingerprint density at radius 2 is 1.83 bits per heavy atom. The maximum Gasteiger partial charge on any atom is 0.227 e. The number of rotatable bonds is 4. The van der Waals surface area contributed by atoms with Crippen LogP contribution in [0, 0.1) is 17.7 Å². The summed E-state index contributed by atoms with van der Waals surface area (Å²) < 4.78 is 13.8. The Labute approximate surface area is 185 Å². The zero-order valence-electron chi connectivity index (χ0n) is 16.7. The molecule has 2 aromatic carbocycles. The van der Waals surface area contributed by atoms with Gasteiger partial charge in [-0.15, -0.1) is 0 Å². The second-order valence-corrected chi connectivity index (χ2v) is 8.89. The lowest BCUT2D eigenvalue weighted by Gasteiger charge is -2.32. The lowest BCUT2D eigenvalue weighted by Crippen LogP contribution is -2.29. The summed E-state index contributed by atoms with van der Waals surface area (Å²) in [4.78, 5) is 17.1. The van der Waals surface area contributed by atoms with E-state index < -0.39 is 0 Å². The topological polar surface area (TPSA) is 42.0 Å². The fourth-order valence-corrected chi connectivity index (χ4v) is 4.77. The number of hydrogen-bond donors (Lipinski definition) is 1. The molecule has 0 radical (unpaired) electrons. The molecule has 1 saturated carbocycles. The molecule has 1 aliphatic carbocycles. The minimum Gasteiger partial charge on any atom is -0.326 e. The Morgan fingerprint density at radius 3 is 2.57 bits per heavy atom. The molecule has 1 N–H and O–H groups in total. The van der Waals surface area contributed by atoms with Crippen LogP contribution in [-0.4, -0.2) is 10.9 Å². The summed E-state index contributed by atoms with van der Waals surface area (Å²) in [5, 5.41) is 4.73. The standard InChI is InChI=1S/C24H23Cl2FN2O/c1-14(24(30)29-18-7-8-21(25)22(26)13-18)15-2-4-16(5-3-15)19-10-11-28-23-9-6-17(27)12-20(19)23/h6-16H,2-5H2,1H3,(H,29,30). The Morgan fingerprint density at radius 1 is 1.07 bits per heavy atom. The smallest absolute Gasteiger partial charge is 0.227 e. The third kappa shape index (κ3) is 4.45. The van der Waals surface area contributed by atoms with Crippen molar-refractivity contribution < 1.29 is 9.18 Å². The monoisotopic (exact) mass is 444 g/mol. The second kappa shape index (κ2) is 8.91. The van der Waals surface area contributed by atoms with Gasteiger partial charge in [0.15, 0.2) is 0 Å². The maximum atomic E-state index is 13.8. The average molecular weight is 445 g/mol. The SMILES string of the molecule is CC(C(=O)Nc1ccc(Cl)c(Cl)c1)C1CCC(c2ccnc3ccc(F)cc23)CC1. The van der Waals surface area contributed by atoms with E-state index in [1.165, 1.54) is 6.07 Å². The highest BCUT2D eigenvalue weighted by Gasteiger charge is 2.30. The predicted molar refractivity (Wildman–Crippen MR) is 121 cm³/mol. The number of nitrogens with zero attached hydrogens (tertiary/aromatic N) is 1. The molecule has 0 aliphatic heterocycles. The van der Waals surface area contributed by atoms with E-state index in [1.807, 2.05) is 13.0 Å². The number of pyridine rings is 1. The number of carbonyl (C=O) groups excluding carboxylic acids is 1. The van der Waals surface area contributed by atoms with Gasteiger partial charge in [-0.2, -0.15) is 0 Å². The van der Waals surface area contributed by atoms with Gasteiger partial charge < -0.3 is 5.32 Å². The van der Waals surface area contributed by atoms with Gasteiger partial charge in [0.05, 0.1) is 15.6 Å². The van der Waals surface area contributed by atoms with Crippen molar-refractivity contribution in [3.63, 3.8) is 0 Å². The summed E-state index contributed by atoms with van der Waals surface area (Å²) in [6.07, 6.45) is 5.67. The van der Waals surface area contributed by atoms with E-state index in [0.717, 1.165) is 42.1 Å². The lowest BCUT2D eigenvalue weighted by molar-refractivity contribution is -0.121. The first-order chi connectivity index (χ1) is 14.4. The van der Waals surface area contributed by atoms with E-state index in [1.54, 1.807) is 36.5 Å². The largest absolute Gasteiger partial charge is 0.326 e. The molecule has 156 valence electrons. The van der Waals surface area contributed by atoms with Crippen LogP contribution in [0.4, 0.5) is 10.1 Å². The molecule has 1 fully saturated rings. The van der Waals surface area contributed by atoms with E-state index in [0.29, 0.717) is 27.6 Å². The van der Waals surface area contributed by atoms with Crippen molar-refractivity contribution in [3.05, 3.63) is 70.1 Å². The molecule has 0 spiro atoms. The van der Waals surface area contributed by atoms with E-state index in [9.17, 15) is 9.18 Å². The zero-order chi connectivity index (χ0) is 21.3. The number of nitrogens with one attached hydrogen (secondary N) is 1. The first-order valence-corrected chi connectivity index (χ1v) is 11.0.